The molecular formula is C7H13N3. The van der Waals surface area contributed by atoms with Crippen LogP contribution in [0.3, 0.4) is 0 Å². The van der Waals surface area contributed by atoms with Crippen molar-refractivity contribution in [2.24, 2.45) is 0 Å². The third kappa shape index (κ3) is 1.19. The molecule has 0 aliphatic carbocycles. The van der Waals surface area contributed by atoms with Gasteiger partial charge in [-0.1, -0.05) is 0 Å². The molecule has 2 N–H and O–H groups in total. The van der Waals surface area contributed by atoms with Crippen LogP contribution in [0.25, 0.3) is 0 Å². The van der Waals surface area contributed by atoms with Gasteiger partial charge in [-0.05, 0) is 20.9 Å². The second kappa shape index (κ2) is 2.84. The van der Waals surface area contributed by atoms with Gasteiger partial charge in [0.15, 0.2) is 0 Å². The Balaban J connectivity index is 2.82. The lowest BCUT2D eigenvalue weighted by molar-refractivity contribution is 0.649. The minimum absolute atomic E-state index is 0.388. The summed E-state index contributed by atoms with van der Waals surface area (Å²) in [4.78, 5) is 0. The van der Waals surface area contributed by atoms with Gasteiger partial charge in [-0.3, -0.25) is 5.10 Å². The number of aromatic nitrogens is 2. The standard InChI is InChI=1S/C7H13N3/c1-5(8-3)7-4-9-10-6(7)2/h4-5,8H,1-3H3,(H,9,10). The Bertz CT molecular complexity index is 204. The predicted octanol–water partition coefficient (Wildman–Crippen LogP) is 0.999. The van der Waals surface area contributed by atoms with Crippen molar-refractivity contribution < 1.29 is 0 Å². The van der Waals surface area contributed by atoms with Crippen molar-refractivity contribution in [3.05, 3.63) is 17.5 Å². The van der Waals surface area contributed by atoms with E-state index in [-0.39, 0.29) is 0 Å². The number of hydrogen-bond acceptors (Lipinski definition) is 2. The van der Waals surface area contributed by atoms with E-state index in [2.05, 4.69) is 22.4 Å². The van der Waals surface area contributed by atoms with Gasteiger partial charge in [-0.15, -0.1) is 0 Å². The van der Waals surface area contributed by atoms with Crippen LogP contribution in [0.2, 0.25) is 0 Å². The Kier molecular flexibility index (Phi) is 2.06. The zero-order valence-electron chi connectivity index (χ0n) is 6.60. The topological polar surface area (TPSA) is 40.7 Å². The second-order valence-electron chi connectivity index (χ2n) is 2.46. The van der Waals surface area contributed by atoms with Gasteiger partial charge in [0.1, 0.15) is 0 Å². The summed E-state index contributed by atoms with van der Waals surface area (Å²) >= 11 is 0. The van der Waals surface area contributed by atoms with E-state index in [1.165, 1.54) is 5.56 Å². The van der Waals surface area contributed by atoms with Crippen LogP contribution in [0.5, 0.6) is 0 Å². The maximum Gasteiger partial charge on any atom is 0.0537 e. The monoisotopic (exact) mass is 139 g/mol. The van der Waals surface area contributed by atoms with Gasteiger partial charge in [-0.2, -0.15) is 5.10 Å². The van der Waals surface area contributed by atoms with Crippen molar-refractivity contribution in [2.75, 3.05) is 7.05 Å². The molecule has 1 atom stereocenters. The van der Waals surface area contributed by atoms with E-state index in [0.29, 0.717) is 6.04 Å². The molecule has 1 rings (SSSR count). The van der Waals surface area contributed by atoms with E-state index in [0.717, 1.165) is 5.69 Å². The van der Waals surface area contributed by atoms with Crippen molar-refractivity contribution >= 4 is 0 Å². The Morgan fingerprint density at radius 2 is 2.40 bits per heavy atom. The molecule has 10 heavy (non-hydrogen) atoms. The minimum atomic E-state index is 0.388. The number of nitrogens with one attached hydrogen (secondary N) is 2. The first kappa shape index (κ1) is 7.28. The molecule has 0 bridgehead atoms. The van der Waals surface area contributed by atoms with Crippen LogP contribution in [-0.2, 0) is 0 Å². The van der Waals surface area contributed by atoms with Crippen LogP contribution in [0.15, 0.2) is 6.20 Å². The van der Waals surface area contributed by atoms with Crippen LogP contribution in [0.4, 0.5) is 0 Å². The molecule has 56 valence electrons. The van der Waals surface area contributed by atoms with Crippen molar-refractivity contribution in [3.63, 3.8) is 0 Å². The van der Waals surface area contributed by atoms with E-state index < -0.39 is 0 Å². The summed E-state index contributed by atoms with van der Waals surface area (Å²) in [7, 11) is 1.94. The molecule has 0 aromatic carbocycles. The van der Waals surface area contributed by atoms with Crippen molar-refractivity contribution in [3.8, 4) is 0 Å². The van der Waals surface area contributed by atoms with Gasteiger partial charge in [0, 0.05) is 17.3 Å². The summed E-state index contributed by atoms with van der Waals surface area (Å²) in [6.07, 6.45) is 1.86. The molecule has 0 aliphatic heterocycles. The zero-order valence-corrected chi connectivity index (χ0v) is 6.60. The number of hydrogen-bond donors (Lipinski definition) is 2. The summed E-state index contributed by atoms with van der Waals surface area (Å²) in [5.74, 6) is 0. The maximum absolute atomic E-state index is 3.93. The molecule has 0 radical (unpaired) electrons. The molecule has 0 saturated heterocycles. The highest BCUT2D eigenvalue weighted by molar-refractivity contribution is 5.17. The fraction of sp³-hybridized carbons (Fsp3) is 0.571. The lowest BCUT2D eigenvalue weighted by atomic mass is 10.1. The normalized spacial score (nSPS) is 13.5. The quantitative estimate of drug-likeness (QED) is 0.641. The number of aromatic amines is 1. The fourth-order valence-electron chi connectivity index (χ4n) is 0.952. The van der Waals surface area contributed by atoms with Gasteiger partial charge in [-0.25, -0.2) is 0 Å². The van der Waals surface area contributed by atoms with E-state index in [1.807, 2.05) is 20.2 Å². The Labute approximate surface area is 60.8 Å². The molecule has 0 amide bonds. The molecular weight excluding hydrogens is 126 g/mol. The Morgan fingerprint density at radius 3 is 2.80 bits per heavy atom. The van der Waals surface area contributed by atoms with Crippen LogP contribution in [0.1, 0.15) is 24.2 Å². The molecule has 3 nitrogen and oxygen atoms in total. The van der Waals surface area contributed by atoms with E-state index in [4.69, 9.17) is 0 Å². The van der Waals surface area contributed by atoms with Gasteiger partial charge in [0.05, 0.1) is 6.20 Å². The molecule has 1 heterocycles. The number of H-pyrrole nitrogens is 1. The molecule has 3 heteroatoms. The predicted molar refractivity (Wildman–Crippen MR) is 40.8 cm³/mol. The summed E-state index contributed by atoms with van der Waals surface area (Å²) < 4.78 is 0. The zero-order chi connectivity index (χ0) is 7.56. The first-order valence-electron chi connectivity index (χ1n) is 3.43. The first-order valence-corrected chi connectivity index (χ1v) is 3.43. The van der Waals surface area contributed by atoms with Crippen LogP contribution >= 0.6 is 0 Å². The average Bonchev–Trinajstić information content (AvgIpc) is 2.34. The maximum atomic E-state index is 3.93. The molecule has 0 aliphatic rings. The number of nitrogens with zero attached hydrogens (tertiary/aromatic N) is 1. The fourth-order valence-corrected chi connectivity index (χ4v) is 0.952. The lowest BCUT2D eigenvalue weighted by Gasteiger charge is -2.07. The highest BCUT2D eigenvalue weighted by Gasteiger charge is 2.05. The third-order valence-electron chi connectivity index (χ3n) is 1.77. The molecule has 1 aromatic rings. The highest BCUT2D eigenvalue weighted by Crippen LogP contribution is 2.12. The van der Waals surface area contributed by atoms with E-state index in [1.54, 1.807) is 0 Å². The van der Waals surface area contributed by atoms with Gasteiger partial charge >= 0.3 is 0 Å². The smallest absolute Gasteiger partial charge is 0.0537 e. The summed E-state index contributed by atoms with van der Waals surface area (Å²) in [6, 6.07) is 0.388. The van der Waals surface area contributed by atoms with Gasteiger partial charge in [0.25, 0.3) is 0 Å². The van der Waals surface area contributed by atoms with Crippen molar-refractivity contribution in [1.82, 2.24) is 15.5 Å². The lowest BCUT2D eigenvalue weighted by Crippen LogP contribution is -2.12. The Hall–Kier alpha value is -0.830. The van der Waals surface area contributed by atoms with Crippen LogP contribution in [-0.4, -0.2) is 17.2 Å². The third-order valence-corrected chi connectivity index (χ3v) is 1.77. The van der Waals surface area contributed by atoms with Crippen molar-refractivity contribution in [1.29, 1.82) is 0 Å². The molecule has 0 saturated carbocycles. The molecule has 1 aromatic heterocycles. The number of rotatable bonds is 2. The Morgan fingerprint density at radius 1 is 1.70 bits per heavy atom. The molecule has 0 spiro atoms. The summed E-state index contributed by atoms with van der Waals surface area (Å²) in [5.41, 5.74) is 2.38. The summed E-state index contributed by atoms with van der Waals surface area (Å²) in [5, 5.41) is 9.97. The van der Waals surface area contributed by atoms with Gasteiger partial charge in [0.2, 0.25) is 0 Å². The van der Waals surface area contributed by atoms with E-state index >= 15 is 0 Å². The van der Waals surface area contributed by atoms with Crippen LogP contribution in [0, 0.1) is 6.92 Å². The van der Waals surface area contributed by atoms with E-state index in [9.17, 15) is 0 Å². The molecule has 0 fully saturated rings. The average molecular weight is 139 g/mol. The van der Waals surface area contributed by atoms with Gasteiger partial charge < -0.3 is 5.32 Å². The summed E-state index contributed by atoms with van der Waals surface area (Å²) in [6.45, 7) is 4.13. The largest absolute Gasteiger partial charge is 0.313 e. The minimum Gasteiger partial charge on any atom is -0.313 e. The molecule has 1 unspecified atom stereocenters. The van der Waals surface area contributed by atoms with Crippen LogP contribution < -0.4 is 5.32 Å². The van der Waals surface area contributed by atoms with Crippen molar-refractivity contribution in [2.45, 2.75) is 19.9 Å². The first-order chi connectivity index (χ1) is 4.75. The number of aryl methyl sites for hydroxylation is 1. The highest BCUT2D eigenvalue weighted by atomic mass is 15.1. The second-order valence-corrected chi connectivity index (χ2v) is 2.46. The SMILES string of the molecule is CNC(C)c1cn[nH]c1C.